The fourth-order valence-corrected chi connectivity index (χ4v) is 2.19. The first-order chi connectivity index (χ1) is 9.16. The summed E-state index contributed by atoms with van der Waals surface area (Å²) in [6.45, 7) is -0.122. The van der Waals surface area contributed by atoms with E-state index >= 15 is 0 Å². The topological polar surface area (TPSA) is 91.6 Å². The molecule has 2 rings (SSSR count). The molecule has 1 aromatic heterocycles. The van der Waals surface area contributed by atoms with Gasteiger partial charge in [-0.3, -0.25) is 9.59 Å². The van der Waals surface area contributed by atoms with Crippen LogP contribution in [0, 0.1) is 0 Å². The van der Waals surface area contributed by atoms with Crippen molar-refractivity contribution in [2.24, 2.45) is 0 Å². The number of nitrogens with one attached hydrogen (secondary N) is 2. The summed E-state index contributed by atoms with van der Waals surface area (Å²) in [6, 6.07) is 2.92. The third-order valence-electron chi connectivity index (χ3n) is 3.23. The van der Waals surface area contributed by atoms with Crippen LogP contribution in [0.3, 0.4) is 0 Å². The van der Waals surface area contributed by atoms with Gasteiger partial charge >= 0.3 is 0 Å². The number of rotatable bonds is 4. The molecule has 1 aliphatic rings. The van der Waals surface area contributed by atoms with E-state index in [1.165, 1.54) is 12.3 Å². The lowest BCUT2D eigenvalue weighted by atomic mass is 9.92. The molecule has 0 spiro atoms. The molecule has 19 heavy (non-hydrogen) atoms. The first-order valence-corrected chi connectivity index (χ1v) is 6.46. The van der Waals surface area contributed by atoms with E-state index in [9.17, 15) is 14.7 Å². The molecule has 6 nitrogen and oxygen atoms in total. The Hall–Kier alpha value is -1.82. The molecular weight excluding hydrogens is 248 g/mol. The zero-order valence-electron chi connectivity index (χ0n) is 10.6. The van der Waals surface area contributed by atoms with E-state index in [1.54, 1.807) is 6.07 Å². The smallest absolute Gasteiger partial charge is 0.287 e. The van der Waals surface area contributed by atoms with Gasteiger partial charge in [-0.1, -0.05) is 12.8 Å². The summed E-state index contributed by atoms with van der Waals surface area (Å²) in [7, 11) is 0. The molecule has 2 amide bonds. The summed E-state index contributed by atoms with van der Waals surface area (Å²) >= 11 is 0. The van der Waals surface area contributed by atoms with Gasteiger partial charge in [-0.25, -0.2) is 0 Å². The average Bonchev–Trinajstić information content (AvgIpc) is 2.93. The van der Waals surface area contributed by atoms with Crippen LogP contribution < -0.4 is 10.6 Å². The van der Waals surface area contributed by atoms with Gasteiger partial charge < -0.3 is 20.2 Å². The Morgan fingerprint density at radius 1 is 1.37 bits per heavy atom. The number of carbonyl (C=O) groups is 2. The molecule has 104 valence electrons. The molecule has 1 fully saturated rings. The highest BCUT2D eigenvalue weighted by atomic mass is 16.3. The number of aliphatic hydroxyl groups is 1. The molecule has 2 unspecified atom stereocenters. The zero-order chi connectivity index (χ0) is 13.7. The van der Waals surface area contributed by atoms with Crippen LogP contribution in [0.1, 0.15) is 36.2 Å². The van der Waals surface area contributed by atoms with Crippen LogP contribution in [0.15, 0.2) is 22.8 Å². The fourth-order valence-electron chi connectivity index (χ4n) is 2.19. The SMILES string of the molecule is O=C(CNC(=O)c1ccco1)NC1CCCCC1O. The van der Waals surface area contributed by atoms with Crippen molar-refractivity contribution in [2.75, 3.05) is 6.54 Å². The molecule has 0 aromatic carbocycles. The molecule has 0 aliphatic heterocycles. The molecular formula is C13H18N2O4. The maximum Gasteiger partial charge on any atom is 0.287 e. The summed E-state index contributed by atoms with van der Waals surface area (Å²) in [6.07, 6.45) is 4.39. The third kappa shape index (κ3) is 3.82. The van der Waals surface area contributed by atoms with Crippen molar-refractivity contribution < 1.29 is 19.1 Å². The van der Waals surface area contributed by atoms with Gasteiger partial charge in [0.15, 0.2) is 5.76 Å². The predicted molar refractivity (Wildman–Crippen MR) is 67.4 cm³/mol. The second kappa shape index (κ2) is 6.38. The zero-order valence-corrected chi connectivity index (χ0v) is 10.6. The van der Waals surface area contributed by atoms with Crippen LogP contribution in [0.5, 0.6) is 0 Å². The van der Waals surface area contributed by atoms with E-state index in [-0.39, 0.29) is 24.3 Å². The number of aliphatic hydroxyl groups excluding tert-OH is 1. The van der Waals surface area contributed by atoms with Crippen LogP contribution in [0.2, 0.25) is 0 Å². The molecule has 0 radical (unpaired) electrons. The number of carbonyl (C=O) groups excluding carboxylic acids is 2. The van der Waals surface area contributed by atoms with E-state index < -0.39 is 12.0 Å². The van der Waals surface area contributed by atoms with Gasteiger partial charge in [-0.2, -0.15) is 0 Å². The molecule has 0 saturated heterocycles. The van der Waals surface area contributed by atoms with Crippen molar-refractivity contribution in [2.45, 2.75) is 37.8 Å². The molecule has 1 aliphatic carbocycles. The van der Waals surface area contributed by atoms with Gasteiger partial charge in [0.25, 0.3) is 5.91 Å². The molecule has 2 atom stereocenters. The van der Waals surface area contributed by atoms with Crippen LogP contribution in [-0.4, -0.2) is 35.6 Å². The van der Waals surface area contributed by atoms with Gasteiger partial charge in [-0.15, -0.1) is 0 Å². The van der Waals surface area contributed by atoms with Crippen molar-refractivity contribution >= 4 is 11.8 Å². The van der Waals surface area contributed by atoms with Gasteiger partial charge in [0, 0.05) is 0 Å². The summed E-state index contributed by atoms with van der Waals surface area (Å²) in [5, 5.41) is 14.9. The highest BCUT2D eigenvalue weighted by molar-refractivity contribution is 5.94. The van der Waals surface area contributed by atoms with Crippen LogP contribution in [0.25, 0.3) is 0 Å². The first kappa shape index (κ1) is 13.6. The van der Waals surface area contributed by atoms with E-state index in [0.29, 0.717) is 6.42 Å². The number of hydrogen-bond acceptors (Lipinski definition) is 4. The quantitative estimate of drug-likeness (QED) is 0.737. The molecule has 1 aromatic rings. The summed E-state index contributed by atoms with van der Waals surface area (Å²) in [5.74, 6) is -0.555. The van der Waals surface area contributed by atoms with Crippen molar-refractivity contribution in [3.8, 4) is 0 Å². The Balaban J connectivity index is 1.74. The molecule has 6 heteroatoms. The Kier molecular flexibility index (Phi) is 4.57. The predicted octanol–water partition coefficient (Wildman–Crippen LogP) is 0.429. The van der Waals surface area contributed by atoms with E-state index in [4.69, 9.17) is 4.42 Å². The van der Waals surface area contributed by atoms with Gasteiger partial charge in [0.2, 0.25) is 5.91 Å². The fraction of sp³-hybridized carbons (Fsp3) is 0.538. The highest BCUT2D eigenvalue weighted by Gasteiger charge is 2.24. The van der Waals surface area contributed by atoms with Gasteiger partial charge in [-0.05, 0) is 25.0 Å². The van der Waals surface area contributed by atoms with Crippen molar-refractivity contribution in [3.63, 3.8) is 0 Å². The van der Waals surface area contributed by atoms with E-state index in [2.05, 4.69) is 10.6 Å². The summed E-state index contributed by atoms with van der Waals surface area (Å²) in [4.78, 5) is 23.2. The highest BCUT2D eigenvalue weighted by Crippen LogP contribution is 2.18. The first-order valence-electron chi connectivity index (χ1n) is 6.46. The number of furan rings is 1. The van der Waals surface area contributed by atoms with Gasteiger partial charge in [0.05, 0.1) is 25.0 Å². The summed E-state index contributed by atoms with van der Waals surface area (Å²) < 4.78 is 4.91. The van der Waals surface area contributed by atoms with Crippen LogP contribution >= 0.6 is 0 Å². The molecule has 3 N–H and O–H groups in total. The van der Waals surface area contributed by atoms with Crippen LogP contribution in [-0.2, 0) is 4.79 Å². The van der Waals surface area contributed by atoms with Crippen molar-refractivity contribution in [1.29, 1.82) is 0 Å². The van der Waals surface area contributed by atoms with Crippen molar-refractivity contribution in [3.05, 3.63) is 24.2 Å². The van der Waals surface area contributed by atoms with Gasteiger partial charge in [0.1, 0.15) is 0 Å². The second-order valence-corrected chi connectivity index (χ2v) is 4.69. The Bertz CT molecular complexity index is 430. The number of amides is 2. The molecule has 1 heterocycles. The minimum Gasteiger partial charge on any atom is -0.459 e. The average molecular weight is 266 g/mol. The maximum absolute atomic E-state index is 11.7. The largest absolute Gasteiger partial charge is 0.459 e. The normalized spacial score (nSPS) is 22.8. The lowest BCUT2D eigenvalue weighted by Crippen LogP contribution is -2.48. The monoisotopic (exact) mass is 266 g/mol. The van der Waals surface area contributed by atoms with E-state index in [0.717, 1.165) is 19.3 Å². The standard InChI is InChI=1S/C13H18N2O4/c16-10-5-2-1-4-9(10)15-12(17)8-14-13(18)11-6-3-7-19-11/h3,6-7,9-10,16H,1-2,4-5,8H2,(H,14,18)(H,15,17). The lowest BCUT2D eigenvalue weighted by molar-refractivity contribution is -0.122. The lowest BCUT2D eigenvalue weighted by Gasteiger charge is -2.28. The third-order valence-corrected chi connectivity index (χ3v) is 3.23. The van der Waals surface area contributed by atoms with Crippen LogP contribution in [0.4, 0.5) is 0 Å². The minimum absolute atomic E-state index is 0.122. The Morgan fingerprint density at radius 2 is 2.16 bits per heavy atom. The molecule has 0 bridgehead atoms. The molecule has 1 saturated carbocycles. The Morgan fingerprint density at radius 3 is 2.84 bits per heavy atom. The number of hydrogen-bond donors (Lipinski definition) is 3. The summed E-state index contributed by atoms with van der Waals surface area (Å²) in [5.41, 5.74) is 0. The van der Waals surface area contributed by atoms with E-state index in [1.807, 2.05) is 0 Å². The second-order valence-electron chi connectivity index (χ2n) is 4.69. The maximum atomic E-state index is 11.7. The minimum atomic E-state index is -0.488. The van der Waals surface area contributed by atoms with Crippen molar-refractivity contribution in [1.82, 2.24) is 10.6 Å². The Labute approximate surface area is 111 Å².